The van der Waals surface area contributed by atoms with Gasteiger partial charge in [0, 0.05) is 42.6 Å². The number of hydrogen-bond acceptors (Lipinski definition) is 6. The van der Waals surface area contributed by atoms with Crippen LogP contribution in [-0.4, -0.2) is 46.3 Å². The number of carboxylic acids is 1. The molecule has 2 aromatic carbocycles. The Labute approximate surface area is 198 Å². The lowest BCUT2D eigenvalue weighted by Gasteiger charge is -2.23. The Morgan fingerprint density at radius 2 is 1.82 bits per heavy atom. The van der Waals surface area contributed by atoms with Crippen molar-refractivity contribution in [1.82, 2.24) is 15.0 Å². The van der Waals surface area contributed by atoms with Gasteiger partial charge in [0.2, 0.25) is 5.95 Å². The van der Waals surface area contributed by atoms with Gasteiger partial charge in [-0.2, -0.15) is 0 Å². The van der Waals surface area contributed by atoms with Crippen molar-refractivity contribution < 1.29 is 19.4 Å². The van der Waals surface area contributed by atoms with E-state index in [1.165, 1.54) is 0 Å². The number of carbonyl (C=O) groups is 1. The molecule has 0 unspecified atom stereocenters. The van der Waals surface area contributed by atoms with E-state index in [-0.39, 0.29) is 6.42 Å². The number of aromatic amines is 1. The summed E-state index contributed by atoms with van der Waals surface area (Å²) < 4.78 is 11.2. The molecule has 2 heterocycles. The van der Waals surface area contributed by atoms with Crippen molar-refractivity contribution in [3.63, 3.8) is 0 Å². The first-order valence-electron chi connectivity index (χ1n) is 11.1. The fourth-order valence-electron chi connectivity index (χ4n) is 3.75. The molecule has 2 N–H and O–H groups in total. The summed E-state index contributed by atoms with van der Waals surface area (Å²) in [6, 6.07) is 13.7. The maximum Gasteiger partial charge on any atom is 0.307 e. The number of nitrogens with zero attached hydrogens (tertiary/aromatic N) is 3. The third-order valence-electron chi connectivity index (χ3n) is 5.50. The summed E-state index contributed by atoms with van der Waals surface area (Å²) in [5, 5.41) is 9.98. The van der Waals surface area contributed by atoms with Crippen LogP contribution in [0.5, 0.6) is 11.5 Å². The zero-order valence-corrected chi connectivity index (χ0v) is 19.3. The average molecular weight is 461 g/mol. The van der Waals surface area contributed by atoms with Crippen molar-refractivity contribution in [1.29, 1.82) is 0 Å². The maximum atomic E-state index is 11.1. The first-order valence-corrected chi connectivity index (χ1v) is 11.1. The number of hydrogen-bond donors (Lipinski definition) is 2. The van der Waals surface area contributed by atoms with Crippen molar-refractivity contribution >= 4 is 22.8 Å². The van der Waals surface area contributed by atoms with Gasteiger partial charge in [0.25, 0.3) is 0 Å². The summed E-state index contributed by atoms with van der Waals surface area (Å²) in [6.45, 7) is 3.86. The number of ether oxygens (including phenoxy) is 2. The SMILES string of the molecule is COc1ccc(CN(CCCOc2ccc3[nH]cc(CC(=O)O)c3c2)c2ncc(C)cn2)cc1. The Bertz CT molecular complexity index is 1240. The number of nitrogens with one attached hydrogen (secondary N) is 1. The number of anilines is 1. The lowest BCUT2D eigenvalue weighted by atomic mass is 10.1. The molecule has 2 aromatic heterocycles. The fraction of sp³-hybridized carbons (Fsp3) is 0.269. The predicted molar refractivity (Wildman–Crippen MR) is 131 cm³/mol. The highest BCUT2D eigenvalue weighted by atomic mass is 16.5. The summed E-state index contributed by atoms with van der Waals surface area (Å²) in [5.74, 6) is 1.35. The Balaban J connectivity index is 1.40. The van der Waals surface area contributed by atoms with Gasteiger partial charge in [0.15, 0.2) is 0 Å². The molecule has 8 nitrogen and oxygen atoms in total. The number of benzene rings is 2. The molecular weight excluding hydrogens is 432 g/mol. The molecule has 0 amide bonds. The van der Waals surface area contributed by atoms with E-state index < -0.39 is 5.97 Å². The number of fused-ring (bicyclic) bond motifs is 1. The third kappa shape index (κ3) is 5.83. The van der Waals surface area contributed by atoms with Gasteiger partial charge in [-0.1, -0.05) is 12.1 Å². The van der Waals surface area contributed by atoms with E-state index in [0.717, 1.165) is 39.8 Å². The second kappa shape index (κ2) is 10.7. The van der Waals surface area contributed by atoms with E-state index in [9.17, 15) is 4.79 Å². The van der Waals surface area contributed by atoms with Crippen LogP contribution < -0.4 is 14.4 Å². The molecule has 34 heavy (non-hydrogen) atoms. The number of aromatic nitrogens is 3. The molecule has 0 saturated heterocycles. The summed E-state index contributed by atoms with van der Waals surface area (Å²) in [4.78, 5) is 25.3. The van der Waals surface area contributed by atoms with Gasteiger partial charge in [-0.3, -0.25) is 4.79 Å². The predicted octanol–water partition coefficient (Wildman–Crippen LogP) is 4.38. The van der Waals surface area contributed by atoms with Crippen molar-refractivity contribution in [2.24, 2.45) is 0 Å². The number of methoxy groups -OCH3 is 1. The molecule has 0 bridgehead atoms. The minimum absolute atomic E-state index is 0.0275. The first-order chi connectivity index (χ1) is 16.5. The Morgan fingerprint density at radius 3 is 2.53 bits per heavy atom. The van der Waals surface area contributed by atoms with Gasteiger partial charge in [-0.25, -0.2) is 9.97 Å². The molecule has 0 aliphatic carbocycles. The van der Waals surface area contributed by atoms with Crippen LogP contribution in [0.25, 0.3) is 10.9 Å². The van der Waals surface area contributed by atoms with Crippen LogP contribution in [0.3, 0.4) is 0 Å². The van der Waals surface area contributed by atoms with E-state index in [1.807, 2.05) is 61.8 Å². The summed E-state index contributed by atoms with van der Waals surface area (Å²) >= 11 is 0. The Kier molecular flexibility index (Phi) is 7.27. The smallest absolute Gasteiger partial charge is 0.307 e. The van der Waals surface area contributed by atoms with Crippen molar-refractivity contribution in [3.05, 3.63) is 77.7 Å². The van der Waals surface area contributed by atoms with Crippen LogP contribution in [0, 0.1) is 6.92 Å². The monoisotopic (exact) mass is 460 g/mol. The van der Waals surface area contributed by atoms with Gasteiger partial charge in [-0.05, 0) is 60.4 Å². The third-order valence-corrected chi connectivity index (χ3v) is 5.50. The number of H-pyrrole nitrogens is 1. The normalized spacial score (nSPS) is 10.9. The van der Waals surface area contributed by atoms with Crippen molar-refractivity contribution in [2.75, 3.05) is 25.2 Å². The van der Waals surface area contributed by atoms with Gasteiger partial charge in [0.1, 0.15) is 11.5 Å². The van der Waals surface area contributed by atoms with Gasteiger partial charge < -0.3 is 24.5 Å². The van der Waals surface area contributed by atoms with Gasteiger partial charge in [-0.15, -0.1) is 0 Å². The van der Waals surface area contributed by atoms with Crippen LogP contribution in [0.4, 0.5) is 5.95 Å². The van der Waals surface area contributed by atoms with Crippen molar-refractivity contribution in [2.45, 2.75) is 26.3 Å². The Morgan fingerprint density at radius 1 is 1.09 bits per heavy atom. The second-order valence-corrected chi connectivity index (χ2v) is 8.12. The average Bonchev–Trinajstić information content (AvgIpc) is 3.23. The molecular formula is C26H28N4O4. The molecule has 0 spiro atoms. The lowest BCUT2D eigenvalue weighted by Crippen LogP contribution is -2.27. The molecule has 0 aliphatic heterocycles. The van der Waals surface area contributed by atoms with Gasteiger partial charge in [0.05, 0.1) is 20.1 Å². The number of rotatable bonds is 11. The zero-order valence-electron chi connectivity index (χ0n) is 19.3. The minimum atomic E-state index is -0.859. The number of aryl methyl sites for hydroxylation is 1. The number of carboxylic acid groups (broad SMARTS) is 1. The molecule has 0 atom stereocenters. The highest BCUT2D eigenvalue weighted by Crippen LogP contribution is 2.24. The molecule has 0 fully saturated rings. The van der Waals surface area contributed by atoms with Crippen molar-refractivity contribution in [3.8, 4) is 11.5 Å². The molecule has 176 valence electrons. The minimum Gasteiger partial charge on any atom is -0.497 e. The summed E-state index contributed by atoms with van der Waals surface area (Å²) in [5.41, 5.74) is 3.79. The van der Waals surface area contributed by atoms with Crippen LogP contribution in [0.1, 0.15) is 23.1 Å². The zero-order chi connectivity index (χ0) is 23.9. The Hall–Kier alpha value is -4.07. The lowest BCUT2D eigenvalue weighted by molar-refractivity contribution is -0.136. The highest BCUT2D eigenvalue weighted by molar-refractivity contribution is 5.88. The van der Waals surface area contributed by atoms with Gasteiger partial charge >= 0.3 is 5.97 Å². The van der Waals surface area contributed by atoms with E-state index in [4.69, 9.17) is 14.6 Å². The van der Waals surface area contributed by atoms with E-state index in [1.54, 1.807) is 13.3 Å². The fourth-order valence-corrected chi connectivity index (χ4v) is 3.75. The van der Waals surface area contributed by atoms with Crippen LogP contribution in [-0.2, 0) is 17.8 Å². The van der Waals surface area contributed by atoms with E-state index >= 15 is 0 Å². The largest absolute Gasteiger partial charge is 0.497 e. The molecule has 0 radical (unpaired) electrons. The van der Waals surface area contributed by atoms with Crippen LogP contribution in [0.2, 0.25) is 0 Å². The van der Waals surface area contributed by atoms with E-state index in [2.05, 4.69) is 19.9 Å². The quantitative estimate of drug-likeness (QED) is 0.320. The molecule has 4 aromatic rings. The van der Waals surface area contributed by atoms with Crippen LogP contribution in [0.15, 0.2) is 61.1 Å². The summed E-state index contributed by atoms with van der Waals surface area (Å²) in [6.07, 6.45) is 6.11. The molecule has 0 saturated carbocycles. The van der Waals surface area contributed by atoms with E-state index in [0.29, 0.717) is 31.4 Å². The summed E-state index contributed by atoms with van der Waals surface area (Å²) in [7, 11) is 1.65. The van der Waals surface area contributed by atoms with Crippen LogP contribution >= 0.6 is 0 Å². The molecule has 4 rings (SSSR count). The molecule has 8 heteroatoms. The number of aliphatic carboxylic acids is 1. The first kappa shape index (κ1) is 23.1. The maximum absolute atomic E-state index is 11.1. The second-order valence-electron chi connectivity index (χ2n) is 8.12. The topological polar surface area (TPSA) is 101 Å². The molecule has 0 aliphatic rings. The highest BCUT2D eigenvalue weighted by Gasteiger charge is 2.12. The standard InChI is InChI=1S/C26H28N4O4/c1-18-14-28-26(29-15-18)30(17-19-4-6-21(33-2)7-5-19)10-3-11-34-22-8-9-24-23(13-22)20(16-27-24)12-25(31)32/h4-9,13-16,27H,3,10-12,17H2,1-2H3,(H,31,32).